The van der Waals surface area contributed by atoms with Gasteiger partial charge in [-0.15, -0.1) is 11.3 Å². The number of rotatable bonds is 3. The number of benzene rings is 1. The summed E-state index contributed by atoms with van der Waals surface area (Å²) in [5.74, 6) is 0.182. The van der Waals surface area contributed by atoms with Gasteiger partial charge in [-0.1, -0.05) is 0 Å². The minimum atomic E-state index is -0.312. The van der Waals surface area contributed by atoms with Crippen LogP contribution >= 0.6 is 27.3 Å². The van der Waals surface area contributed by atoms with Crippen molar-refractivity contribution in [2.24, 2.45) is 0 Å². The van der Waals surface area contributed by atoms with E-state index in [9.17, 15) is 4.39 Å². The van der Waals surface area contributed by atoms with E-state index in [1.807, 2.05) is 12.3 Å². The zero-order chi connectivity index (χ0) is 11.5. The van der Waals surface area contributed by atoms with Crippen LogP contribution in [0.1, 0.15) is 10.7 Å². The zero-order valence-corrected chi connectivity index (χ0v) is 10.9. The van der Waals surface area contributed by atoms with Gasteiger partial charge in [0.1, 0.15) is 23.2 Å². The van der Waals surface area contributed by atoms with Crippen molar-refractivity contribution in [1.82, 2.24) is 4.98 Å². The van der Waals surface area contributed by atoms with E-state index < -0.39 is 0 Å². The highest BCUT2D eigenvalue weighted by Gasteiger charge is 2.05. The van der Waals surface area contributed by atoms with E-state index >= 15 is 0 Å². The molecule has 0 bridgehead atoms. The van der Waals surface area contributed by atoms with Crippen molar-refractivity contribution < 1.29 is 9.13 Å². The van der Waals surface area contributed by atoms with E-state index in [0.717, 1.165) is 15.2 Å². The Hall–Kier alpha value is -0.940. The number of halogens is 2. The lowest BCUT2D eigenvalue weighted by Crippen LogP contribution is -1.96. The second-order valence-corrected chi connectivity index (χ2v) is 5.04. The minimum absolute atomic E-state index is 0.312. The molecule has 0 N–H and O–H groups in total. The second kappa shape index (κ2) is 4.93. The SMILES string of the molecule is Cc1csc(COc2cc(F)ccc2Br)n1. The molecular formula is C11H9BrFNOS. The Morgan fingerprint density at radius 3 is 3.00 bits per heavy atom. The molecule has 2 rings (SSSR count). The number of aromatic nitrogens is 1. The van der Waals surface area contributed by atoms with Crippen LogP contribution < -0.4 is 4.74 Å². The van der Waals surface area contributed by atoms with Gasteiger partial charge in [0.25, 0.3) is 0 Å². The highest BCUT2D eigenvalue weighted by Crippen LogP contribution is 2.26. The molecular weight excluding hydrogens is 293 g/mol. The number of hydrogen-bond donors (Lipinski definition) is 0. The van der Waals surface area contributed by atoms with Gasteiger partial charge in [0, 0.05) is 17.1 Å². The molecule has 2 aromatic rings. The summed E-state index contributed by atoms with van der Waals surface area (Å²) < 4.78 is 19.2. The Morgan fingerprint density at radius 2 is 2.31 bits per heavy atom. The summed E-state index contributed by atoms with van der Waals surface area (Å²) >= 11 is 4.83. The van der Waals surface area contributed by atoms with Gasteiger partial charge in [0.15, 0.2) is 0 Å². The van der Waals surface area contributed by atoms with Gasteiger partial charge in [-0.3, -0.25) is 0 Å². The van der Waals surface area contributed by atoms with Crippen molar-refractivity contribution >= 4 is 27.3 Å². The third-order valence-corrected chi connectivity index (χ3v) is 3.51. The first-order valence-electron chi connectivity index (χ1n) is 4.64. The van der Waals surface area contributed by atoms with Crippen molar-refractivity contribution in [3.8, 4) is 5.75 Å². The van der Waals surface area contributed by atoms with Crippen LogP contribution in [0, 0.1) is 12.7 Å². The van der Waals surface area contributed by atoms with Crippen molar-refractivity contribution in [2.45, 2.75) is 13.5 Å². The summed E-state index contributed by atoms with van der Waals surface area (Å²) in [6, 6.07) is 4.35. The topological polar surface area (TPSA) is 22.1 Å². The lowest BCUT2D eigenvalue weighted by Gasteiger charge is -2.06. The molecule has 0 unspecified atom stereocenters. The van der Waals surface area contributed by atoms with Crippen LogP contribution in [0.5, 0.6) is 5.75 Å². The van der Waals surface area contributed by atoms with E-state index in [1.54, 1.807) is 6.07 Å². The summed E-state index contributed by atoms with van der Waals surface area (Å²) in [7, 11) is 0. The summed E-state index contributed by atoms with van der Waals surface area (Å²) in [5.41, 5.74) is 0.974. The Balaban J connectivity index is 2.07. The third kappa shape index (κ3) is 2.80. The molecule has 0 amide bonds. The number of aryl methyl sites for hydroxylation is 1. The van der Waals surface area contributed by atoms with Crippen molar-refractivity contribution in [3.63, 3.8) is 0 Å². The van der Waals surface area contributed by atoms with Crippen molar-refractivity contribution in [1.29, 1.82) is 0 Å². The smallest absolute Gasteiger partial charge is 0.140 e. The van der Waals surface area contributed by atoms with Crippen LogP contribution in [0.4, 0.5) is 4.39 Å². The highest BCUT2D eigenvalue weighted by atomic mass is 79.9. The fraction of sp³-hybridized carbons (Fsp3) is 0.182. The summed E-state index contributed by atoms with van der Waals surface area (Å²) in [5, 5.41) is 2.84. The number of nitrogens with zero attached hydrogens (tertiary/aromatic N) is 1. The third-order valence-electron chi connectivity index (χ3n) is 1.91. The first-order valence-corrected chi connectivity index (χ1v) is 6.31. The fourth-order valence-electron chi connectivity index (χ4n) is 1.20. The van der Waals surface area contributed by atoms with Crippen LogP contribution in [-0.2, 0) is 6.61 Å². The average molecular weight is 302 g/mol. The normalized spacial score (nSPS) is 10.4. The van der Waals surface area contributed by atoms with Gasteiger partial charge in [-0.25, -0.2) is 9.37 Å². The van der Waals surface area contributed by atoms with E-state index in [-0.39, 0.29) is 5.82 Å². The fourth-order valence-corrected chi connectivity index (χ4v) is 2.24. The molecule has 1 heterocycles. The van der Waals surface area contributed by atoms with E-state index in [4.69, 9.17) is 4.74 Å². The molecule has 2 nitrogen and oxygen atoms in total. The van der Waals surface area contributed by atoms with Crippen LogP contribution in [0.25, 0.3) is 0 Å². The van der Waals surface area contributed by atoms with Crippen LogP contribution in [0.15, 0.2) is 28.1 Å². The summed E-state index contributed by atoms with van der Waals surface area (Å²) in [6.07, 6.45) is 0. The molecule has 0 spiro atoms. The molecule has 0 atom stereocenters. The molecule has 16 heavy (non-hydrogen) atoms. The number of ether oxygens (including phenoxy) is 1. The van der Waals surface area contributed by atoms with Gasteiger partial charge in [0.2, 0.25) is 0 Å². The molecule has 0 aliphatic heterocycles. The Labute approximate surface area is 105 Å². The maximum atomic E-state index is 13.0. The average Bonchev–Trinajstić information content (AvgIpc) is 2.66. The van der Waals surface area contributed by atoms with Gasteiger partial charge < -0.3 is 4.74 Å². The first kappa shape index (κ1) is 11.5. The lowest BCUT2D eigenvalue weighted by atomic mass is 10.3. The van der Waals surface area contributed by atoms with Gasteiger partial charge in [-0.05, 0) is 35.0 Å². The van der Waals surface area contributed by atoms with Gasteiger partial charge in [0.05, 0.1) is 4.47 Å². The monoisotopic (exact) mass is 301 g/mol. The Bertz CT molecular complexity index is 500. The summed E-state index contributed by atoms with van der Waals surface area (Å²) in [6.45, 7) is 2.29. The molecule has 84 valence electrons. The lowest BCUT2D eigenvalue weighted by molar-refractivity contribution is 0.302. The molecule has 0 saturated carbocycles. The maximum absolute atomic E-state index is 13.0. The molecule has 1 aromatic carbocycles. The van der Waals surface area contributed by atoms with E-state index in [0.29, 0.717) is 12.4 Å². The van der Waals surface area contributed by atoms with E-state index in [2.05, 4.69) is 20.9 Å². The first-order chi connectivity index (χ1) is 7.65. The molecule has 0 aliphatic rings. The molecule has 0 saturated heterocycles. The highest BCUT2D eigenvalue weighted by molar-refractivity contribution is 9.10. The predicted molar refractivity (Wildman–Crippen MR) is 65.3 cm³/mol. The van der Waals surface area contributed by atoms with Crippen molar-refractivity contribution in [2.75, 3.05) is 0 Å². The molecule has 0 aliphatic carbocycles. The quantitative estimate of drug-likeness (QED) is 0.857. The molecule has 5 heteroatoms. The standard InChI is InChI=1S/C11H9BrFNOS/c1-7-6-16-11(14-7)5-15-10-4-8(13)2-3-9(10)12/h2-4,6H,5H2,1H3. The van der Waals surface area contributed by atoms with Crippen molar-refractivity contribution in [3.05, 3.63) is 44.6 Å². The van der Waals surface area contributed by atoms with Gasteiger partial charge >= 0.3 is 0 Å². The minimum Gasteiger partial charge on any atom is -0.485 e. The van der Waals surface area contributed by atoms with Crippen LogP contribution in [-0.4, -0.2) is 4.98 Å². The zero-order valence-electron chi connectivity index (χ0n) is 8.54. The van der Waals surface area contributed by atoms with Crippen LogP contribution in [0.2, 0.25) is 0 Å². The number of hydrogen-bond acceptors (Lipinski definition) is 3. The maximum Gasteiger partial charge on any atom is 0.140 e. The van der Waals surface area contributed by atoms with Gasteiger partial charge in [-0.2, -0.15) is 0 Å². The van der Waals surface area contributed by atoms with E-state index in [1.165, 1.54) is 23.5 Å². The molecule has 0 radical (unpaired) electrons. The predicted octanol–water partition coefficient (Wildman–Crippen LogP) is 3.93. The Morgan fingerprint density at radius 1 is 1.50 bits per heavy atom. The number of thiazole rings is 1. The molecule has 1 aromatic heterocycles. The molecule has 0 fully saturated rings. The summed E-state index contributed by atoms with van der Waals surface area (Å²) in [4.78, 5) is 4.26. The van der Waals surface area contributed by atoms with Crippen LogP contribution in [0.3, 0.4) is 0 Å². The Kier molecular flexibility index (Phi) is 3.56. The largest absolute Gasteiger partial charge is 0.485 e. The second-order valence-electron chi connectivity index (χ2n) is 3.25.